The Balaban J connectivity index is 1.45. The molecule has 2 amide bonds. The average Bonchev–Trinajstić information content (AvgIpc) is 2.70. The highest BCUT2D eigenvalue weighted by Crippen LogP contribution is 2.14. The minimum atomic E-state index is -0.120. The first-order valence-electron chi connectivity index (χ1n) is 9.58. The van der Waals surface area contributed by atoms with E-state index in [-0.39, 0.29) is 18.2 Å². The summed E-state index contributed by atoms with van der Waals surface area (Å²) in [6.07, 6.45) is 0.260. The number of piperazine rings is 1. The van der Waals surface area contributed by atoms with Crippen LogP contribution in [0.15, 0.2) is 48.5 Å². The van der Waals surface area contributed by atoms with Crippen LogP contribution in [0.25, 0.3) is 0 Å². The predicted molar refractivity (Wildman–Crippen MR) is 110 cm³/mol. The average molecular weight is 381 g/mol. The van der Waals surface area contributed by atoms with Crippen LogP contribution >= 0.6 is 0 Å². The van der Waals surface area contributed by atoms with E-state index in [4.69, 9.17) is 4.74 Å². The number of aryl methyl sites for hydroxylation is 1. The molecular weight excluding hydrogens is 354 g/mol. The third-order valence-corrected chi connectivity index (χ3v) is 4.82. The van der Waals surface area contributed by atoms with Crippen molar-refractivity contribution in [3.63, 3.8) is 0 Å². The van der Waals surface area contributed by atoms with Gasteiger partial charge in [0.15, 0.2) is 0 Å². The van der Waals surface area contributed by atoms with E-state index in [1.54, 1.807) is 24.3 Å². The van der Waals surface area contributed by atoms with Crippen molar-refractivity contribution in [2.24, 2.45) is 0 Å². The van der Waals surface area contributed by atoms with Gasteiger partial charge in [0.1, 0.15) is 5.75 Å². The molecule has 1 aliphatic rings. The quantitative estimate of drug-likeness (QED) is 0.836. The molecule has 0 aliphatic carbocycles. The van der Waals surface area contributed by atoms with Crippen LogP contribution < -0.4 is 10.1 Å². The van der Waals surface area contributed by atoms with Gasteiger partial charge in [-0.1, -0.05) is 17.7 Å². The largest absolute Gasteiger partial charge is 0.493 e. The molecule has 2 aromatic rings. The number of ether oxygens (including phenoxy) is 1. The lowest BCUT2D eigenvalue weighted by atomic mass is 10.1. The van der Waals surface area contributed by atoms with E-state index in [1.807, 2.05) is 36.1 Å². The molecule has 6 nitrogen and oxygen atoms in total. The number of nitrogens with zero attached hydrogens (tertiary/aromatic N) is 2. The van der Waals surface area contributed by atoms with Crippen LogP contribution in [-0.2, 0) is 4.79 Å². The van der Waals surface area contributed by atoms with Crippen LogP contribution in [0.5, 0.6) is 5.75 Å². The van der Waals surface area contributed by atoms with E-state index in [2.05, 4.69) is 17.3 Å². The molecule has 28 heavy (non-hydrogen) atoms. The Morgan fingerprint density at radius 3 is 2.25 bits per heavy atom. The van der Waals surface area contributed by atoms with Crippen LogP contribution in [0.1, 0.15) is 22.3 Å². The minimum Gasteiger partial charge on any atom is -0.493 e. The van der Waals surface area contributed by atoms with Gasteiger partial charge in [0.2, 0.25) is 5.91 Å². The number of carbonyl (C=O) groups excluding carboxylic acids is 2. The molecule has 1 fully saturated rings. The summed E-state index contributed by atoms with van der Waals surface area (Å²) in [5.41, 5.74) is 2.49. The van der Waals surface area contributed by atoms with Gasteiger partial charge in [-0.05, 0) is 50.4 Å². The molecule has 0 saturated carbocycles. The minimum absolute atomic E-state index is 0.0393. The normalized spacial score (nSPS) is 14.6. The maximum absolute atomic E-state index is 12.5. The molecule has 3 rings (SSSR count). The van der Waals surface area contributed by atoms with Gasteiger partial charge >= 0.3 is 0 Å². The lowest BCUT2D eigenvalue weighted by Gasteiger charge is -2.32. The number of hydrogen-bond donors (Lipinski definition) is 1. The summed E-state index contributed by atoms with van der Waals surface area (Å²) in [6.45, 7) is 5.61. The molecule has 0 aromatic heterocycles. The Morgan fingerprint density at radius 1 is 0.964 bits per heavy atom. The number of benzene rings is 2. The number of carbonyl (C=O) groups is 2. The van der Waals surface area contributed by atoms with E-state index in [0.717, 1.165) is 31.9 Å². The number of rotatable bonds is 6. The topological polar surface area (TPSA) is 61.9 Å². The number of amides is 2. The van der Waals surface area contributed by atoms with Gasteiger partial charge in [0.25, 0.3) is 5.91 Å². The molecule has 1 N–H and O–H groups in total. The fourth-order valence-corrected chi connectivity index (χ4v) is 3.01. The van der Waals surface area contributed by atoms with Gasteiger partial charge in [0.05, 0.1) is 13.0 Å². The summed E-state index contributed by atoms with van der Waals surface area (Å²) in [4.78, 5) is 28.7. The van der Waals surface area contributed by atoms with Crippen molar-refractivity contribution in [1.82, 2.24) is 9.80 Å². The van der Waals surface area contributed by atoms with Crippen molar-refractivity contribution >= 4 is 17.5 Å². The van der Waals surface area contributed by atoms with Crippen molar-refractivity contribution in [2.75, 3.05) is 45.2 Å². The van der Waals surface area contributed by atoms with Crippen molar-refractivity contribution in [1.29, 1.82) is 0 Å². The second-order valence-electron chi connectivity index (χ2n) is 7.13. The molecule has 0 atom stereocenters. The molecule has 0 bridgehead atoms. The summed E-state index contributed by atoms with van der Waals surface area (Å²) in [5.74, 6) is 0.674. The molecule has 0 unspecified atom stereocenters. The van der Waals surface area contributed by atoms with Gasteiger partial charge in [-0.25, -0.2) is 0 Å². The van der Waals surface area contributed by atoms with Crippen molar-refractivity contribution in [3.05, 3.63) is 59.7 Å². The first-order chi connectivity index (χ1) is 13.5. The highest BCUT2D eigenvalue weighted by molar-refractivity contribution is 5.96. The number of anilines is 1. The highest BCUT2D eigenvalue weighted by atomic mass is 16.5. The van der Waals surface area contributed by atoms with Crippen LogP contribution in [-0.4, -0.2) is 61.4 Å². The van der Waals surface area contributed by atoms with E-state index >= 15 is 0 Å². The van der Waals surface area contributed by atoms with Crippen molar-refractivity contribution in [3.8, 4) is 5.75 Å². The monoisotopic (exact) mass is 381 g/mol. The number of hydrogen-bond acceptors (Lipinski definition) is 4. The Bertz CT molecular complexity index is 795. The van der Waals surface area contributed by atoms with Gasteiger partial charge in [0, 0.05) is 37.4 Å². The second-order valence-corrected chi connectivity index (χ2v) is 7.13. The van der Waals surface area contributed by atoms with E-state index < -0.39 is 0 Å². The van der Waals surface area contributed by atoms with Crippen LogP contribution in [0, 0.1) is 6.92 Å². The molecule has 1 aliphatic heterocycles. The van der Waals surface area contributed by atoms with Crippen molar-refractivity contribution < 1.29 is 14.3 Å². The Labute approximate surface area is 166 Å². The lowest BCUT2D eigenvalue weighted by molar-refractivity contribution is -0.116. The maximum atomic E-state index is 12.5. The molecule has 6 heteroatoms. The first kappa shape index (κ1) is 19.9. The lowest BCUT2D eigenvalue weighted by Crippen LogP contribution is -2.47. The fraction of sp³-hybridized carbons (Fsp3) is 0.364. The van der Waals surface area contributed by atoms with Gasteiger partial charge in [-0.15, -0.1) is 0 Å². The van der Waals surface area contributed by atoms with Gasteiger partial charge in [-0.3, -0.25) is 9.59 Å². The zero-order chi connectivity index (χ0) is 19.9. The fourth-order valence-electron chi connectivity index (χ4n) is 3.01. The summed E-state index contributed by atoms with van der Waals surface area (Å²) in [7, 11) is 2.06. The van der Waals surface area contributed by atoms with Crippen LogP contribution in [0.2, 0.25) is 0 Å². The van der Waals surface area contributed by atoms with E-state index in [9.17, 15) is 9.59 Å². The standard InChI is InChI=1S/C22H27N3O3/c1-17-3-9-20(10-4-17)28-16-11-21(26)23-19-7-5-18(6-8-19)22(27)25-14-12-24(2)13-15-25/h3-10H,11-16H2,1-2H3,(H,23,26). The number of likely N-dealkylation sites (N-methyl/N-ethyl adjacent to an activating group) is 1. The zero-order valence-electron chi connectivity index (χ0n) is 16.5. The summed E-state index contributed by atoms with van der Waals surface area (Å²) < 4.78 is 5.58. The first-order valence-corrected chi connectivity index (χ1v) is 9.58. The van der Waals surface area contributed by atoms with E-state index in [1.165, 1.54) is 5.56 Å². The van der Waals surface area contributed by atoms with Crippen LogP contribution in [0.3, 0.4) is 0 Å². The Morgan fingerprint density at radius 2 is 1.61 bits per heavy atom. The molecule has 0 radical (unpaired) electrons. The van der Waals surface area contributed by atoms with Crippen molar-refractivity contribution in [2.45, 2.75) is 13.3 Å². The summed E-state index contributed by atoms with van der Waals surface area (Å²) in [5, 5.41) is 2.84. The highest BCUT2D eigenvalue weighted by Gasteiger charge is 2.20. The number of nitrogens with one attached hydrogen (secondary N) is 1. The molecule has 2 aromatic carbocycles. The second kappa shape index (κ2) is 9.37. The van der Waals surface area contributed by atoms with Crippen LogP contribution in [0.4, 0.5) is 5.69 Å². The smallest absolute Gasteiger partial charge is 0.253 e. The van der Waals surface area contributed by atoms with Gasteiger partial charge < -0.3 is 19.9 Å². The third-order valence-electron chi connectivity index (χ3n) is 4.82. The molecule has 0 spiro atoms. The zero-order valence-corrected chi connectivity index (χ0v) is 16.5. The Kier molecular flexibility index (Phi) is 6.66. The summed E-state index contributed by atoms with van der Waals surface area (Å²) >= 11 is 0. The SMILES string of the molecule is Cc1ccc(OCCC(=O)Nc2ccc(C(=O)N3CCN(C)CC3)cc2)cc1. The predicted octanol–water partition coefficient (Wildman–Crippen LogP) is 2.79. The van der Waals surface area contributed by atoms with Gasteiger partial charge in [-0.2, -0.15) is 0 Å². The molecular formula is C22H27N3O3. The van der Waals surface area contributed by atoms with E-state index in [0.29, 0.717) is 17.9 Å². The molecule has 148 valence electrons. The third kappa shape index (κ3) is 5.57. The maximum Gasteiger partial charge on any atom is 0.253 e. The molecule has 1 heterocycles. The summed E-state index contributed by atoms with van der Waals surface area (Å²) in [6, 6.07) is 14.8. The Hall–Kier alpha value is -2.86. The molecule has 1 saturated heterocycles.